The molecular formula is C33H52N6O13P2S2. The molecule has 23 heteroatoms. The van der Waals surface area contributed by atoms with Crippen LogP contribution in [0.4, 0.5) is 0 Å². The number of unbranched alkanes of at least 4 members (excludes halogenated alkanes) is 1. The number of nitriles is 1. The molecule has 2 aliphatic heterocycles. The van der Waals surface area contributed by atoms with Crippen molar-refractivity contribution < 1.29 is 42.3 Å². The van der Waals surface area contributed by atoms with Crippen molar-refractivity contribution >= 4 is 37.0 Å². The van der Waals surface area contributed by atoms with E-state index in [1.165, 1.54) is 35.4 Å². The van der Waals surface area contributed by atoms with Gasteiger partial charge in [-0.2, -0.15) is 5.26 Å². The summed E-state index contributed by atoms with van der Waals surface area (Å²) in [6, 6.07) is 2.11. The summed E-state index contributed by atoms with van der Waals surface area (Å²) < 4.78 is 47.0. The highest BCUT2D eigenvalue weighted by atomic mass is 32.5. The lowest BCUT2D eigenvalue weighted by Crippen LogP contribution is -2.35. The van der Waals surface area contributed by atoms with Gasteiger partial charge in [0.15, 0.2) is 0 Å². The number of rotatable bonds is 21. The van der Waals surface area contributed by atoms with Crippen molar-refractivity contribution in [1.29, 1.82) is 5.26 Å². The van der Waals surface area contributed by atoms with E-state index >= 15 is 0 Å². The molecule has 2 fully saturated rings. The summed E-state index contributed by atoms with van der Waals surface area (Å²) >= 11 is 11.8. The van der Waals surface area contributed by atoms with Crippen molar-refractivity contribution in [1.82, 2.24) is 23.8 Å². The number of aliphatic hydroxyl groups excluding tert-OH is 2. The number of aromatic amines is 2. The number of ether oxygens (including phenoxy) is 2. The SMILES string of the molecule is Cc1cn(C2CC(O)C(COP(=S)(OCCCCOP(=S)(OCCC#N)N(C(C)C)C(C)C)OC3CC(n4cc(C)c(=O)[nH]c4=O)OC3CO)O2)c(=O)[nH]c1=O. The number of H-pyrrole nitrogens is 2. The van der Waals surface area contributed by atoms with Crippen LogP contribution in [0.3, 0.4) is 0 Å². The van der Waals surface area contributed by atoms with E-state index in [0.717, 1.165) is 0 Å². The Kier molecular flexibility index (Phi) is 17.1. The molecule has 0 saturated carbocycles. The minimum absolute atomic E-state index is 0.0142. The van der Waals surface area contributed by atoms with E-state index < -0.39 is 79.3 Å². The van der Waals surface area contributed by atoms with Gasteiger partial charge < -0.3 is 42.3 Å². The van der Waals surface area contributed by atoms with Gasteiger partial charge in [0.05, 0.1) is 57.7 Å². The quantitative estimate of drug-likeness (QED) is 0.104. The highest BCUT2D eigenvalue weighted by Crippen LogP contribution is 2.56. The van der Waals surface area contributed by atoms with Crippen LogP contribution in [0.5, 0.6) is 0 Å². The van der Waals surface area contributed by atoms with E-state index in [2.05, 4.69) is 16.0 Å². The zero-order valence-electron chi connectivity index (χ0n) is 32.2. The van der Waals surface area contributed by atoms with Crippen molar-refractivity contribution in [2.45, 2.75) is 123 Å². The van der Waals surface area contributed by atoms with Gasteiger partial charge in [0.25, 0.3) is 17.8 Å². The van der Waals surface area contributed by atoms with Gasteiger partial charge >= 0.3 is 18.1 Å². The van der Waals surface area contributed by atoms with Crippen molar-refractivity contribution in [3.63, 3.8) is 0 Å². The van der Waals surface area contributed by atoms with Gasteiger partial charge in [-0.15, -0.1) is 0 Å². The molecule has 0 amide bonds. The average molecular weight is 867 g/mol. The molecule has 2 aromatic rings. The first-order valence-electron chi connectivity index (χ1n) is 18.3. The Balaban J connectivity index is 1.47. The van der Waals surface area contributed by atoms with Crippen LogP contribution in [-0.4, -0.2) is 104 Å². The molecule has 4 N–H and O–H groups in total. The Bertz CT molecular complexity index is 2010. The minimum Gasteiger partial charge on any atom is -0.394 e. The third-order valence-electron chi connectivity index (χ3n) is 8.99. The molecule has 56 heavy (non-hydrogen) atoms. The van der Waals surface area contributed by atoms with Crippen molar-refractivity contribution in [3.8, 4) is 6.07 Å². The van der Waals surface area contributed by atoms with Gasteiger partial charge in [0.1, 0.15) is 24.7 Å². The van der Waals surface area contributed by atoms with Crippen LogP contribution in [0.1, 0.15) is 83.4 Å². The van der Waals surface area contributed by atoms with E-state index in [1.807, 2.05) is 32.4 Å². The zero-order valence-corrected chi connectivity index (χ0v) is 35.7. The number of hydrogen-bond donors (Lipinski definition) is 4. The fourth-order valence-electron chi connectivity index (χ4n) is 6.31. The molecule has 0 aromatic carbocycles. The molecule has 0 spiro atoms. The first-order chi connectivity index (χ1) is 26.4. The molecular weight excluding hydrogens is 814 g/mol. The van der Waals surface area contributed by atoms with Crippen molar-refractivity contribution in [2.24, 2.45) is 0 Å². The average Bonchev–Trinajstić information content (AvgIpc) is 3.70. The van der Waals surface area contributed by atoms with E-state index in [0.29, 0.717) is 12.8 Å². The van der Waals surface area contributed by atoms with Crippen LogP contribution in [-0.2, 0) is 55.7 Å². The first-order valence-corrected chi connectivity index (χ1v) is 23.4. The Morgan fingerprint density at radius 2 is 1.39 bits per heavy atom. The maximum absolute atomic E-state index is 12.6. The summed E-state index contributed by atoms with van der Waals surface area (Å²) in [4.78, 5) is 53.5. The first kappa shape index (κ1) is 46.4. The van der Waals surface area contributed by atoms with Crippen LogP contribution < -0.4 is 22.5 Å². The molecule has 8 atom stereocenters. The van der Waals surface area contributed by atoms with Gasteiger partial charge in [0.2, 0.25) is 0 Å². The standard InChI is InChI=1S/C33H52N6O13P2S2/c1-20(2)39(21(3)4)53(55,47-13-9-10-34)46-11-7-8-12-48-54(56,49-19-27-24(41)14-28(51-27)37-16-22(5)30(42)35-32(37)44)52-25-15-29(50-26(25)18-40)38-17-23(6)31(43)36-33(38)45/h16-17,20-21,24-29,40-41H,7-9,11-15,18-19H2,1-6H3,(H,35,42,44)(H,36,43,45). The topological polar surface area (TPSA) is 242 Å². The molecule has 8 unspecified atom stereocenters. The summed E-state index contributed by atoms with van der Waals surface area (Å²) in [7, 11) is 0. The van der Waals surface area contributed by atoms with Crippen LogP contribution >= 0.6 is 13.4 Å². The van der Waals surface area contributed by atoms with E-state index in [-0.39, 0.29) is 68.9 Å². The van der Waals surface area contributed by atoms with Gasteiger partial charge in [-0.05, 0) is 78.0 Å². The number of nitrogens with zero attached hydrogens (tertiary/aromatic N) is 4. The van der Waals surface area contributed by atoms with Gasteiger partial charge in [0, 0.05) is 48.4 Å². The fraction of sp³-hybridized carbons (Fsp3) is 0.727. The summed E-state index contributed by atoms with van der Waals surface area (Å²) in [6.45, 7) is 3.99. The Morgan fingerprint density at radius 1 is 0.875 bits per heavy atom. The molecule has 4 rings (SSSR count). The molecule has 2 aromatic heterocycles. The van der Waals surface area contributed by atoms with Crippen molar-refractivity contribution in [3.05, 3.63) is 65.2 Å². The molecule has 2 aliphatic rings. The maximum atomic E-state index is 12.6. The monoisotopic (exact) mass is 866 g/mol. The van der Waals surface area contributed by atoms with Gasteiger partial charge in [-0.3, -0.25) is 28.7 Å². The normalized spacial score (nSPS) is 24.8. The molecule has 0 bridgehead atoms. The second-order valence-corrected chi connectivity index (χ2v) is 20.2. The van der Waals surface area contributed by atoms with Gasteiger partial charge in [-0.1, -0.05) is 0 Å². The zero-order chi connectivity index (χ0) is 41.4. The highest BCUT2D eigenvalue weighted by Gasteiger charge is 2.43. The predicted molar refractivity (Wildman–Crippen MR) is 211 cm³/mol. The molecule has 314 valence electrons. The lowest BCUT2D eigenvalue weighted by molar-refractivity contribution is -0.0549. The van der Waals surface area contributed by atoms with E-state index in [4.69, 9.17) is 61.0 Å². The highest BCUT2D eigenvalue weighted by molar-refractivity contribution is 8.08. The number of aromatic nitrogens is 4. The predicted octanol–water partition coefficient (Wildman–Crippen LogP) is 2.35. The smallest absolute Gasteiger partial charge is 0.330 e. The molecule has 19 nitrogen and oxygen atoms in total. The minimum atomic E-state index is -3.73. The van der Waals surface area contributed by atoms with E-state index in [1.54, 1.807) is 0 Å². The van der Waals surface area contributed by atoms with Crippen LogP contribution in [0.15, 0.2) is 31.6 Å². The fourth-order valence-corrected chi connectivity index (χ4v) is 12.2. The Labute approximate surface area is 334 Å². The third-order valence-corrected chi connectivity index (χ3v) is 15.1. The second-order valence-electron chi connectivity index (χ2n) is 14.0. The number of hydrogen-bond acceptors (Lipinski definition) is 16. The molecule has 0 aliphatic carbocycles. The summed E-state index contributed by atoms with van der Waals surface area (Å²) in [6.07, 6.45) is -1.95. The van der Waals surface area contributed by atoms with Gasteiger partial charge in [-0.25, -0.2) is 14.3 Å². The van der Waals surface area contributed by atoms with Crippen LogP contribution in [0.2, 0.25) is 0 Å². The number of nitrogens with one attached hydrogen (secondary N) is 2. The number of aryl methyl sites for hydroxylation is 2. The van der Waals surface area contributed by atoms with E-state index in [9.17, 15) is 29.4 Å². The largest absolute Gasteiger partial charge is 0.394 e. The second kappa shape index (κ2) is 20.6. The van der Waals surface area contributed by atoms with Crippen LogP contribution in [0.25, 0.3) is 0 Å². The Morgan fingerprint density at radius 3 is 1.93 bits per heavy atom. The number of aliphatic hydroxyl groups is 2. The maximum Gasteiger partial charge on any atom is 0.330 e. The lowest BCUT2D eigenvalue weighted by Gasteiger charge is -2.39. The molecule has 2 saturated heterocycles. The molecule has 4 heterocycles. The van der Waals surface area contributed by atoms with Crippen LogP contribution in [0, 0.1) is 25.2 Å². The summed E-state index contributed by atoms with van der Waals surface area (Å²) in [5.41, 5.74) is -1.93. The Hall–Kier alpha value is -2.25. The lowest BCUT2D eigenvalue weighted by atomic mass is 10.2. The summed E-state index contributed by atoms with van der Waals surface area (Å²) in [5.74, 6) is 0. The summed E-state index contributed by atoms with van der Waals surface area (Å²) in [5, 5.41) is 30.1. The molecule has 0 radical (unpaired) electrons. The van der Waals surface area contributed by atoms with Crippen molar-refractivity contribution in [2.75, 3.05) is 33.0 Å². The third kappa shape index (κ3) is 11.9.